The number of carboxylic acid groups (broad SMARTS) is 1. The molecule has 1 aromatic rings. The number of hydrogen-bond acceptors (Lipinski definition) is 5. The highest BCUT2D eigenvalue weighted by atomic mass is 32.2. The van der Waals surface area contributed by atoms with Crippen LogP contribution in [0.2, 0.25) is 0 Å². The van der Waals surface area contributed by atoms with E-state index in [4.69, 9.17) is 5.11 Å². The molecular formula is C11H14N2O4S. The molecule has 6 nitrogen and oxygen atoms in total. The summed E-state index contributed by atoms with van der Waals surface area (Å²) in [6.45, 7) is 0. The molecule has 1 fully saturated rings. The number of aromatic carboxylic acids is 1. The molecule has 0 aliphatic heterocycles. The third kappa shape index (κ3) is 2.79. The van der Waals surface area contributed by atoms with Gasteiger partial charge in [-0.05, 0) is 31.4 Å². The van der Waals surface area contributed by atoms with E-state index in [9.17, 15) is 13.2 Å². The van der Waals surface area contributed by atoms with Gasteiger partial charge in [0.05, 0.1) is 5.56 Å². The first kappa shape index (κ1) is 12.8. The summed E-state index contributed by atoms with van der Waals surface area (Å²) in [6.07, 6.45) is 4.11. The minimum Gasteiger partial charge on any atom is -0.478 e. The van der Waals surface area contributed by atoms with Crippen molar-refractivity contribution in [2.45, 2.75) is 30.3 Å². The Labute approximate surface area is 105 Å². The third-order valence-corrected chi connectivity index (χ3v) is 3.85. The zero-order valence-corrected chi connectivity index (χ0v) is 10.7. The van der Waals surface area contributed by atoms with Gasteiger partial charge in [-0.25, -0.2) is 18.2 Å². The van der Waals surface area contributed by atoms with Crippen LogP contribution in [0.4, 0.5) is 5.82 Å². The summed E-state index contributed by atoms with van der Waals surface area (Å²) in [5.74, 6) is -0.862. The quantitative estimate of drug-likeness (QED) is 0.852. The summed E-state index contributed by atoms with van der Waals surface area (Å²) in [4.78, 5) is 14.9. The molecule has 0 atom stereocenters. The van der Waals surface area contributed by atoms with E-state index in [2.05, 4.69) is 10.3 Å². The van der Waals surface area contributed by atoms with Crippen LogP contribution in [-0.4, -0.2) is 36.8 Å². The Hall–Kier alpha value is -1.63. The average Bonchev–Trinajstić information content (AvgIpc) is 2.22. The summed E-state index contributed by atoms with van der Waals surface area (Å²) >= 11 is 0. The Bertz CT molecular complexity index is 579. The molecule has 0 aromatic carbocycles. The zero-order chi connectivity index (χ0) is 13.3. The van der Waals surface area contributed by atoms with Gasteiger partial charge in [0.25, 0.3) is 0 Å². The van der Waals surface area contributed by atoms with Crippen LogP contribution >= 0.6 is 0 Å². The van der Waals surface area contributed by atoms with Crippen molar-refractivity contribution in [1.29, 1.82) is 0 Å². The first-order valence-corrected chi connectivity index (χ1v) is 7.47. The maximum absolute atomic E-state index is 11.4. The van der Waals surface area contributed by atoms with Crippen LogP contribution in [0.1, 0.15) is 29.6 Å². The van der Waals surface area contributed by atoms with Gasteiger partial charge in [0.15, 0.2) is 14.9 Å². The Morgan fingerprint density at radius 1 is 1.44 bits per heavy atom. The largest absolute Gasteiger partial charge is 0.478 e. The second-order valence-corrected chi connectivity index (χ2v) is 6.39. The van der Waals surface area contributed by atoms with Crippen molar-refractivity contribution < 1.29 is 18.3 Å². The molecule has 1 heterocycles. The van der Waals surface area contributed by atoms with Crippen molar-refractivity contribution in [2.75, 3.05) is 11.6 Å². The monoisotopic (exact) mass is 270 g/mol. The molecule has 0 radical (unpaired) electrons. The SMILES string of the molecule is CS(=O)(=O)c1cc(C(=O)O)cc(NC2CCC2)n1. The first-order chi connectivity index (χ1) is 8.36. The van der Waals surface area contributed by atoms with E-state index < -0.39 is 15.8 Å². The topological polar surface area (TPSA) is 96.4 Å². The molecule has 1 saturated carbocycles. The van der Waals surface area contributed by atoms with Gasteiger partial charge in [0, 0.05) is 12.3 Å². The summed E-state index contributed by atoms with van der Waals surface area (Å²) in [5.41, 5.74) is -0.0766. The molecule has 0 spiro atoms. The number of aromatic nitrogens is 1. The number of sulfone groups is 1. The van der Waals surface area contributed by atoms with E-state index in [1.807, 2.05) is 0 Å². The lowest BCUT2D eigenvalue weighted by Crippen LogP contribution is -2.27. The van der Waals surface area contributed by atoms with Crippen LogP contribution in [-0.2, 0) is 9.84 Å². The summed E-state index contributed by atoms with van der Waals surface area (Å²) in [7, 11) is -3.52. The molecule has 7 heteroatoms. The molecule has 0 unspecified atom stereocenters. The normalized spacial score (nSPS) is 16.1. The fourth-order valence-electron chi connectivity index (χ4n) is 1.65. The first-order valence-electron chi connectivity index (χ1n) is 5.58. The summed E-state index contributed by atoms with van der Waals surface area (Å²) in [6, 6.07) is 2.69. The highest BCUT2D eigenvalue weighted by Gasteiger charge is 2.20. The number of carboxylic acids is 1. The van der Waals surface area contributed by atoms with E-state index in [1.54, 1.807) is 0 Å². The van der Waals surface area contributed by atoms with Crippen molar-refractivity contribution in [2.24, 2.45) is 0 Å². The Balaban J connectivity index is 2.39. The van der Waals surface area contributed by atoms with Gasteiger partial charge in [-0.1, -0.05) is 0 Å². The lowest BCUT2D eigenvalue weighted by atomic mass is 9.93. The molecule has 0 saturated heterocycles. The zero-order valence-electron chi connectivity index (χ0n) is 9.88. The van der Waals surface area contributed by atoms with E-state index in [0.717, 1.165) is 31.6 Å². The van der Waals surface area contributed by atoms with Crippen molar-refractivity contribution >= 4 is 21.6 Å². The van der Waals surface area contributed by atoms with Gasteiger partial charge in [-0.15, -0.1) is 0 Å². The number of hydrogen-bond donors (Lipinski definition) is 2. The maximum Gasteiger partial charge on any atom is 0.335 e. The summed E-state index contributed by atoms with van der Waals surface area (Å²) < 4.78 is 22.9. The average molecular weight is 270 g/mol. The molecule has 1 aliphatic carbocycles. The van der Waals surface area contributed by atoms with E-state index in [1.165, 1.54) is 6.07 Å². The van der Waals surface area contributed by atoms with E-state index >= 15 is 0 Å². The van der Waals surface area contributed by atoms with Gasteiger partial charge >= 0.3 is 5.97 Å². The van der Waals surface area contributed by atoms with Gasteiger partial charge < -0.3 is 10.4 Å². The number of nitrogens with one attached hydrogen (secondary N) is 1. The second kappa shape index (κ2) is 4.56. The second-order valence-electron chi connectivity index (χ2n) is 4.43. The molecular weight excluding hydrogens is 256 g/mol. The van der Waals surface area contributed by atoms with Crippen LogP contribution in [0, 0.1) is 0 Å². The van der Waals surface area contributed by atoms with Crippen molar-refractivity contribution in [3.8, 4) is 0 Å². The fraction of sp³-hybridized carbons (Fsp3) is 0.455. The predicted molar refractivity (Wildman–Crippen MR) is 65.6 cm³/mol. The smallest absolute Gasteiger partial charge is 0.335 e. The van der Waals surface area contributed by atoms with Crippen LogP contribution in [0.5, 0.6) is 0 Å². The lowest BCUT2D eigenvalue weighted by molar-refractivity contribution is 0.0696. The number of rotatable bonds is 4. The Morgan fingerprint density at radius 3 is 2.56 bits per heavy atom. The van der Waals surface area contributed by atoms with Gasteiger partial charge in [0.2, 0.25) is 0 Å². The van der Waals surface area contributed by atoms with Crippen LogP contribution in [0.15, 0.2) is 17.2 Å². The molecule has 1 aromatic heterocycles. The van der Waals surface area contributed by atoms with Gasteiger partial charge in [0.1, 0.15) is 5.82 Å². The summed E-state index contributed by atoms with van der Waals surface area (Å²) in [5, 5.41) is 11.8. The van der Waals surface area contributed by atoms with E-state index in [-0.39, 0.29) is 16.6 Å². The van der Waals surface area contributed by atoms with Crippen LogP contribution in [0.3, 0.4) is 0 Å². The number of carbonyl (C=O) groups is 1. The standard InChI is InChI=1S/C11H14N2O4S/c1-18(16,17)10-6-7(11(14)15)5-9(13-10)12-8-3-2-4-8/h5-6,8H,2-4H2,1H3,(H,12,13)(H,14,15). The van der Waals surface area contributed by atoms with Crippen LogP contribution < -0.4 is 5.32 Å². The lowest BCUT2D eigenvalue weighted by Gasteiger charge is -2.27. The molecule has 18 heavy (non-hydrogen) atoms. The number of pyridine rings is 1. The number of nitrogens with zero attached hydrogens (tertiary/aromatic N) is 1. The molecule has 98 valence electrons. The molecule has 2 rings (SSSR count). The Kier molecular flexibility index (Phi) is 3.25. The van der Waals surface area contributed by atoms with Crippen molar-refractivity contribution in [3.63, 3.8) is 0 Å². The fourth-order valence-corrected chi connectivity index (χ4v) is 2.26. The third-order valence-electron chi connectivity index (χ3n) is 2.89. The van der Waals surface area contributed by atoms with Crippen molar-refractivity contribution in [1.82, 2.24) is 4.98 Å². The van der Waals surface area contributed by atoms with Crippen molar-refractivity contribution in [3.05, 3.63) is 17.7 Å². The van der Waals surface area contributed by atoms with Gasteiger partial charge in [-0.3, -0.25) is 0 Å². The van der Waals surface area contributed by atoms with E-state index in [0.29, 0.717) is 5.82 Å². The van der Waals surface area contributed by atoms with Gasteiger partial charge in [-0.2, -0.15) is 0 Å². The maximum atomic E-state index is 11.4. The highest BCUT2D eigenvalue weighted by molar-refractivity contribution is 7.90. The highest BCUT2D eigenvalue weighted by Crippen LogP contribution is 2.23. The Morgan fingerprint density at radius 2 is 2.11 bits per heavy atom. The minimum atomic E-state index is -3.52. The predicted octanol–water partition coefficient (Wildman–Crippen LogP) is 1.15. The molecule has 0 amide bonds. The minimum absolute atomic E-state index is 0.0766. The molecule has 0 bridgehead atoms. The molecule has 1 aliphatic rings. The van der Waals surface area contributed by atoms with Crippen LogP contribution in [0.25, 0.3) is 0 Å². The molecule has 2 N–H and O–H groups in total. The number of anilines is 1.